The van der Waals surface area contributed by atoms with Gasteiger partial charge in [-0.3, -0.25) is 9.52 Å². The molecule has 2 aliphatic rings. The molecule has 0 unspecified atom stereocenters. The van der Waals surface area contributed by atoms with Crippen molar-refractivity contribution in [3.8, 4) is 11.3 Å². The molecular weight excluding hydrogens is 541 g/mol. The zero-order valence-corrected chi connectivity index (χ0v) is 22.3. The lowest BCUT2D eigenvalue weighted by Crippen LogP contribution is -2.31. The van der Waals surface area contributed by atoms with Crippen LogP contribution in [0.2, 0.25) is 0 Å². The summed E-state index contributed by atoms with van der Waals surface area (Å²) < 4.78 is 68.1. The standard InChI is InChI=1S/C28H25BF2N2O6S/c1-32-28(34)25-21-12-20(16-2-3-16)23(13-24(21)39-27(25)17-4-6-19(30)7-5-17)33-40(36,37)9-8-15-10-18-14-38-29(35)26(18)22(31)11-15/h4-7,10-13,16,33,35H,2-3,8-9,14H2,1H3,(H,32,34). The second kappa shape index (κ2) is 10.0. The van der Waals surface area contributed by atoms with Gasteiger partial charge in [0.2, 0.25) is 10.0 Å². The molecule has 0 radical (unpaired) electrons. The number of aryl methyl sites for hydroxylation is 1. The van der Waals surface area contributed by atoms with Gasteiger partial charge in [0.25, 0.3) is 5.91 Å². The zero-order chi connectivity index (χ0) is 28.2. The van der Waals surface area contributed by atoms with Crippen molar-refractivity contribution in [2.45, 2.75) is 31.8 Å². The molecule has 1 aliphatic carbocycles. The smallest absolute Gasteiger partial charge is 0.455 e. The van der Waals surface area contributed by atoms with Crippen LogP contribution in [0.15, 0.2) is 52.9 Å². The maximum atomic E-state index is 14.5. The van der Waals surface area contributed by atoms with Crippen molar-refractivity contribution in [3.05, 3.63) is 82.4 Å². The lowest BCUT2D eigenvalue weighted by molar-refractivity contribution is 0.0964. The van der Waals surface area contributed by atoms with E-state index < -0.39 is 28.8 Å². The van der Waals surface area contributed by atoms with Crippen LogP contribution in [-0.4, -0.2) is 39.3 Å². The van der Waals surface area contributed by atoms with Gasteiger partial charge in [-0.25, -0.2) is 17.2 Å². The molecule has 1 amide bonds. The fourth-order valence-electron chi connectivity index (χ4n) is 5.14. The van der Waals surface area contributed by atoms with Crippen LogP contribution in [0.4, 0.5) is 14.5 Å². The van der Waals surface area contributed by atoms with E-state index >= 15 is 0 Å². The van der Waals surface area contributed by atoms with E-state index in [9.17, 15) is 27.0 Å². The van der Waals surface area contributed by atoms with Gasteiger partial charge in [-0.05, 0) is 78.3 Å². The summed E-state index contributed by atoms with van der Waals surface area (Å²) in [4.78, 5) is 12.9. The Labute approximate surface area is 229 Å². The summed E-state index contributed by atoms with van der Waals surface area (Å²) in [5, 5.41) is 12.9. The zero-order valence-electron chi connectivity index (χ0n) is 21.5. The van der Waals surface area contributed by atoms with Gasteiger partial charge in [-0.2, -0.15) is 0 Å². The number of nitrogens with one attached hydrogen (secondary N) is 2. The van der Waals surface area contributed by atoms with E-state index in [0.717, 1.165) is 18.4 Å². The lowest BCUT2D eigenvalue weighted by Gasteiger charge is -2.13. The van der Waals surface area contributed by atoms with E-state index in [1.54, 1.807) is 18.2 Å². The van der Waals surface area contributed by atoms with E-state index in [1.807, 2.05) is 0 Å². The van der Waals surface area contributed by atoms with Crippen LogP contribution in [0.5, 0.6) is 0 Å². The largest absolute Gasteiger partial charge is 0.494 e. The molecule has 6 rings (SSSR count). The van der Waals surface area contributed by atoms with Gasteiger partial charge in [-0.1, -0.05) is 6.07 Å². The van der Waals surface area contributed by atoms with Crippen LogP contribution in [0.1, 0.15) is 45.8 Å². The number of benzene rings is 3. The predicted octanol–water partition coefficient (Wildman–Crippen LogP) is 3.82. The molecule has 12 heteroatoms. The number of hydrogen-bond donors (Lipinski definition) is 3. The molecule has 3 aromatic carbocycles. The van der Waals surface area contributed by atoms with Gasteiger partial charge in [0.1, 0.15) is 23.0 Å². The van der Waals surface area contributed by atoms with Crippen molar-refractivity contribution < 1.29 is 36.1 Å². The fraction of sp³-hybridized carbons (Fsp3) is 0.250. The summed E-state index contributed by atoms with van der Waals surface area (Å²) in [6.07, 6.45) is 1.80. The Morgan fingerprint density at radius 1 is 1.12 bits per heavy atom. The number of carbonyl (C=O) groups is 1. The molecule has 0 spiro atoms. The molecule has 40 heavy (non-hydrogen) atoms. The summed E-state index contributed by atoms with van der Waals surface area (Å²) in [6, 6.07) is 11.8. The highest BCUT2D eigenvalue weighted by Gasteiger charge is 2.32. The minimum Gasteiger partial charge on any atom is -0.455 e. The topological polar surface area (TPSA) is 118 Å². The third-order valence-corrected chi connectivity index (χ3v) is 8.55. The summed E-state index contributed by atoms with van der Waals surface area (Å²) >= 11 is 0. The first-order valence-corrected chi connectivity index (χ1v) is 14.5. The second-order valence-electron chi connectivity index (χ2n) is 10.1. The number of furan rings is 1. The van der Waals surface area contributed by atoms with Crippen LogP contribution in [0.25, 0.3) is 22.3 Å². The first-order valence-electron chi connectivity index (χ1n) is 12.8. The van der Waals surface area contributed by atoms with E-state index in [-0.39, 0.29) is 47.4 Å². The fourth-order valence-corrected chi connectivity index (χ4v) is 6.25. The van der Waals surface area contributed by atoms with E-state index in [2.05, 4.69) is 10.0 Å². The number of fused-ring (bicyclic) bond motifs is 2. The van der Waals surface area contributed by atoms with Crippen molar-refractivity contribution in [1.29, 1.82) is 0 Å². The Kier molecular flexibility index (Phi) is 6.64. The van der Waals surface area contributed by atoms with E-state index in [1.165, 1.54) is 37.4 Å². The van der Waals surface area contributed by atoms with Crippen LogP contribution in [0.3, 0.4) is 0 Å². The minimum atomic E-state index is -3.86. The summed E-state index contributed by atoms with van der Waals surface area (Å²) in [7, 11) is -3.68. The van der Waals surface area contributed by atoms with Crippen molar-refractivity contribution >= 4 is 45.2 Å². The van der Waals surface area contributed by atoms with Crippen LogP contribution in [0, 0.1) is 11.6 Å². The highest BCUT2D eigenvalue weighted by Crippen LogP contribution is 2.47. The molecule has 4 aromatic rings. The number of halogens is 2. The predicted molar refractivity (Wildman–Crippen MR) is 147 cm³/mol. The van der Waals surface area contributed by atoms with Crippen LogP contribution < -0.4 is 15.5 Å². The van der Waals surface area contributed by atoms with Gasteiger partial charge in [0.15, 0.2) is 0 Å². The monoisotopic (exact) mass is 566 g/mol. The Balaban J connectivity index is 1.33. The van der Waals surface area contributed by atoms with Crippen LogP contribution in [-0.2, 0) is 27.7 Å². The number of amides is 1. The highest BCUT2D eigenvalue weighted by atomic mass is 32.2. The molecule has 1 fully saturated rings. The molecule has 206 valence electrons. The Hall–Kier alpha value is -3.74. The molecular formula is C28H25BF2N2O6S. The van der Waals surface area contributed by atoms with Crippen molar-refractivity contribution in [2.75, 3.05) is 17.5 Å². The number of carbonyl (C=O) groups excluding carboxylic acids is 1. The first-order chi connectivity index (χ1) is 19.1. The Morgan fingerprint density at radius 3 is 2.58 bits per heavy atom. The molecule has 3 N–H and O–H groups in total. The van der Waals surface area contributed by atoms with Gasteiger partial charge in [0, 0.05) is 29.5 Å². The summed E-state index contributed by atoms with van der Waals surface area (Å²) in [5.41, 5.74) is 3.26. The SMILES string of the molecule is CNC(=O)c1c(-c2ccc(F)cc2)oc2cc(NS(=O)(=O)CCc3cc(F)c4c(c3)COB4O)c(C3CC3)cc12. The first kappa shape index (κ1) is 26.5. The summed E-state index contributed by atoms with van der Waals surface area (Å²) in [5.74, 6) is -1.37. The Bertz CT molecular complexity index is 1750. The van der Waals surface area contributed by atoms with Gasteiger partial charge < -0.3 is 19.4 Å². The van der Waals surface area contributed by atoms with E-state index in [0.29, 0.717) is 33.3 Å². The molecule has 2 heterocycles. The van der Waals surface area contributed by atoms with Crippen molar-refractivity contribution in [1.82, 2.24) is 5.32 Å². The third kappa shape index (κ3) is 4.98. The van der Waals surface area contributed by atoms with Gasteiger partial charge in [0.05, 0.1) is 23.6 Å². The van der Waals surface area contributed by atoms with Gasteiger partial charge in [-0.15, -0.1) is 0 Å². The molecule has 0 bridgehead atoms. The average Bonchev–Trinajstić information content (AvgIpc) is 3.60. The van der Waals surface area contributed by atoms with Gasteiger partial charge >= 0.3 is 7.12 Å². The second-order valence-corrected chi connectivity index (χ2v) is 11.9. The average molecular weight is 566 g/mol. The Morgan fingerprint density at radius 2 is 1.88 bits per heavy atom. The third-order valence-electron chi connectivity index (χ3n) is 7.28. The molecule has 0 atom stereocenters. The number of rotatable bonds is 8. The maximum absolute atomic E-state index is 14.5. The van der Waals surface area contributed by atoms with Crippen LogP contribution >= 0.6 is 0 Å². The number of anilines is 1. The normalized spacial score (nSPS) is 14.9. The van der Waals surface area contributed by atoms with Crippen molar-refractivity contribution in [3.63, 3.8) is 0 Å². The molecule has 1 aliphatic heterocycles. The molecule has 0 saturated heterocycles. The van der Waals surface area contributed by atoms with Crippen molar-refractivity contribution in [2.24, 2.45) is 0 Å². The quantitative estimate of drug-likeness (QED) is 0.279. The number of sulfonamides is 1. The van der Waals surface area contributed by atoms with E-state index in [4.69, 9.17) is 9.07 Å². The molecule has 1 saturated carbocycles. The maximum Gasteiger partial charge on any atom is 0.494 e. The minimum absolute atomic E-state index is 0.0485. The molecule has 1 aromatic heterocycles. The molecule has 8 nitrogen and oxygen atoms in total. The summed E-state index contributed by atoms with van der Waals surface area (Å²) in [6.45, 7) is 0.0537. The number of hydrogen-bond acceptors (Lipinski definition) is 6. The lowest BCUT2D eigenvalue weighted by atomic mass is 9.78. The highest BCUT2D eigenvalue weighted by molar-refractivity contribution is 7.92.